The van der Waals surface area contributed by atoms with E-state index in [1.165, 1.54) is 5.06 Å². The highest BCUT2D eigenvalue weighted by Crippen LogP contribution is 2.30. The van der Waals surface area contributed by atoms with Crippen molar-refractivity contribution in [2.75, 3.05) is 40.4 Å². The number of likely N-dealkylation sites (N-methyl/N-ethyl adjacent to an activating group) is 1. The van der Waals surface area contributed by atoms with Crippen LogP contribution in [-0.2, 0) is 14.5 Å². The Hall–Kier alpha value is -1.38. The molecule has 0 radical (unpaired) electrons. The predicted molar refractivity (Wildman–Crippen MR) is 84.3 cm³/mol. The predicted octanol–water partition coefficient (Wildman–Crippen LogP) is 0.596. The van der Waals surface area contributed by atoms with Crippen molar-refractivity contribution in [2.45, 2.75) is 44.7 Å². The van der Waals surface area contributed by atoms with Crippen molar-refractivity contribution in [1.82, 2.24) is 20.3 Å². The van der Waals surface area contributed by atoms with Gasteiger partial charge < -0.3 is 9.80 Å². The van der Waals surface area contributed by atoms with Crippen LogP contribution in [0.4, 0.5) is 4.79 Å². The molecule has 1 N–H and O–H groups in total. The van der Waals surface area contributed by atoms with Crippen molar-refractivity contribution >= 4 is 11.9 Å². The van der Waals surface area contributed by atoms with Gasteiger partial charge in [0.2, 0.25) is 0 Å². The molecule has 2 atom stereocenters. The van der Waals surface area contributed by atoms with Crippen LogP contribution in [0.25, 0.3) is 0 Å². The SMILES string of the molecule is CCCCON1C(=O)N2C[C@@H]1CC[C@H]2C(=O)NOCCN(C)C. The lowest BCUT2D eigenvalue weighted by molar-refractivity contribution is -0.139. The molecule has 2 aliphatic heterocycles. The van der Waals surface area contributed by atoms with E-state index in [1.54, 1.807) is 4.90 Å². The summed E-state index contributed by atoms with van der Waals surface area (Å²) in [7, 11) is 3.87. The zero-order chi connectivity index (χ0) is 16.8. The van der Waals surface area contributed by atoms with E-state index in [9.17, 15) is 9.59 Å². The highest BCUT2D eigenvalue weighted by molar-refractivity contribution is 5.87. The van der Waals surface area contributed by atoms with E-state index in [2.05, 4.69) is 12.4 Å². The third kappa shape index (κ3) is 4.55. The van der Waals surface area contributed by atoms with Crippen molar-refractivity contribution in [3.05, 3.63) is 0 Å². The third-order valence-electron chi connectivity index (χ3n) is 4.17. The Balaban J connectivity index is 1.82. The van der Waals surface area contributed by atoms with Crippen molar-refractivity contribution in [1.29, 1.82) is 0 Å². The Morgan fingerprint density at radius 3 is 2.83 bits per heavy atom. The molecule has 2 heterocycles. The van der Waals surface area contributed by atoms with Crippen LogP contribution in [0.2, 0.25) is 0 Å². The number of nitrogens with one attached hydrogen (secondary N) is 1. The second-order valence-electron chi connectivity index (χ2n) is 6.31. The lowest BCUT2D eigenvalue weighted by Gasteiger charge is -2.29. The summed E-state index contributed by atoms with van der Waals surface area (Å²) in [5.74, 6) is -0.258. The molecule has 2 aliphatic rings. The van der Waals surface area contributed by atoms with E-state index >= 15 is 0 Å². The van der Waals surface area contributed by atoms with Gasteiger partial charge in [-0.05, 0) is 33.4 Å². The summed E-state index contributed by atoms with van der Waals surface area (Å²) >= 11 is 0. The Labute approximate surface area is 137 Å². The molecule has 0 saturated carbocycles. The van der Waals surface area contributed by atoms with Crippen LogP contribution in [0, 0.1) is 0 Å². The highest BCUT2D eigenvalue weighted by Gasteiger charge is 2.47. The minimum atomic E-state index is -0.474. The molecule has 8 heteroatoms. The van der Waals surface area contributed by atoms with Crippen LogP contribution in [-0.4, -0.2) is 79.3 Å². The first-order chi connectivity index (χ1) is 11.0. The largest absolute Gasteiger partial charge is 0.345 e. The Bertz CT molecular complexity index is 418. The number of piperidine rings is 1. The van der Waals surface area contributed by atoms with Crippen molar-refractivity contribution in [2.24, 2.45) is 0 Å². The zero-order valence-corrected chi connectivity index (χ0v) is 14.3. The Morgan fingerprint density at radius 1 is 1.35 bits per heavy atom. The number of hydrogen-bond donors (Lipinski definition) is 1. The molecular weight excluding hydrogens is 300 g/mol. The molecule has 2 rings (SSSR count). The molecule has 23 heavy (non-hydrogen) atoms. The third-order valence-corrected chi connectivity index (χ3v) is 4.17. The summed E-state index contributed by atoms with van der Waals surface area (Å²) in [6.07, 6.45) is 3.34. The number of carbonyl (C=O) groups excluding carboxylic acids is 2. The van der Waals surface area contributed by atoms with Gasteiger partial charge in [0.25, 0.3) is 5.91 Å². The molecule has 132 valence electrons. The van der Waals surface area contributed by atoms with Gasteiger partial charge in [-0.15, -0.1) is 0 Å². The minimum Gasteiger partial charge on any atom is -0.309 e. The quantitative estimate of drug-likeness (QED) is 0.495. The number of rotatable bonds is 9. The normalized spacial score (nSPS) is 23.7. The summed E-state index contributed by atoms with van der Waals surface area (Å²) in [5.41, 5.74) is 2.46. The van der Waals surface area contributed by atoms with Crippen LogP contribution >= 0.6 is 0 Å². The van der Waals surface area contributed by atoms with Gasteiger partial charge >= 0.3 is 6.03 Å². The van der Waals surface area contributed by atoms with Crippen molar-refractivity contribution in [3.8, 4) is 0 Å². The first-order valence-corrected chi connectivity index (χ1v) is 8.33. The molecule has 0 unspecified atom stereocenters. The second-order valence-corrected chi connectivity index (χ2v) is 6.31. The number of carbonyl (C=O) groups is 2. The fraction of sp³-hybridized carbons (Fsp3) is 0.867. The number of fused-ring (bicyclic) bond motifs is 2. The smallest absolute Gasteiger partial charge is 0.309 e. The first-order valence-electron chi connectivity index (χ1n) is 8.33. The molecular formula is C15H28N4O4. The van der Waals surface area contributed by atoms with Gasteiger partial charge in [-0.1, -0.05) is 13.3 Å². The molecule has 0 aromatic carbocycles. The molecule has 3 amide bonds. The van der Waals surface area contributed by atoms with Gasteiger partial charge in [0, 0.05) is 13.1 Å². The monoisotopic (exact) mass is 328 g/mol. The molecule has 0 aliphatic carbocycles. The van der Waals surface area contributed by atoms with Crippen LogP contribution < -0.4 is 5.48 Å². The maximum Gasteiger partial charge on any atom is 0.345 e. The van der Waals surface area contributed by atoms with Gasteiger partial charge in [0.1, 0.15) is 6.04 Å². The lowest BCUT2D eigenvalue weighted by atomic mass is 10.0. The lowest BCUT2D eigenvalue weighted by Crippen LogP contribution is -2.50. The average molecular weight is 328 g/mol. The van der Waals surface area contributed by atoms with Gasteiger partial charge in [-0.2, -0.15) is 5.06 Å². The van der Waals surface area contributed by atoms with Crippen LogP contribution in [0.15, 0.2) is 0 Å². The molecule has 2 saturated heterocycles. The van der Waals surface area contributed by atoms with Crippen LogP contribution in [0.5, 0.6) is 0 Å². The fourth-order valence-corrected chi connectivity index (χ4v) is 2.80. The first kappa shape index (κ1) is 18.0. The van der Waals surface area contributed by atoms with Gasteiger partial charge in [0.15, 0.2) is 0 Å². The maximum atomic E-state index is 12.4. The highest BCUT2D eigenvalue weighted by atomic mass is 16.7. The van der Waals surface area contributed by atoms with Crippen molar-refractivity contribution in [3.63, 3.8) is 0 Å². The van der Waals surface area contributed by atoms with Gasteiger partial charge in [0.05, 0.1) is 19.3 Å². The number of hydroxylamine groups is 3. The minimum absolute atomic E-state index is 0.0538. The molecule has 0 spiro atoms. The summed E-state index contributed by atoms with van der Waals surface area (Å²) in [6, 6.07) is -0.631. The summed E-state index contributed by atoms with van der Waals surface area (Å²) in [6.45, 7) is 4.29. The molecule has 0 aromatic rings. The number of urea groups is 1. The molecule has 8 nitrogen and oxygen atoms in total. The summed E-state index contributed by atoms with van der Waals surface area (Å²) in [4.78, 5) is 39.0. The van der Waals surface area contributed by atoms with E-state index < -0.39 is 6.04 Å². The Kier molecular flexibility index (Phi) is 6.61. The van der Waals surface area contributed by atoms with Crippen LogP contribution in [0.3, 0.4) is 0 Å². The van der Waals surface area contributed by atoms with E-state index in [4.69, 9.17) is 9.68 Å². The topological polar surface area (TPSA) is 74.3 Å². The van der Waals surface area contributed by atoms with E-state index in [1.807, 2.05) is 19.0 Å². The molecule has 0 aromatic heterocycles. The Morgan fingerprint density at radius 2 is 2.13 bits per heavy atom. The van der Waals surface area contributed by atoms with Crippen LogP contribution in [0.1, 0.15) is 32.6 Å². The van der Waals surface area contributed by atoms with Gasteiger partial charge in [-0.25, -0.2) is 10.3 Å². The van der Waals surface area contributed by atoms with Crippen molar-refractivity contribution < 1.29 is 19.3 Å². The zero-order valence-electron chi connectivity index (χ0n) is 14.3. The number of unbranched alkanes of at least 4 members (excludes halogenated alkanes) is 1. The maximum absolute atomic E-state index is 12.4. The van der Waals surface area contributed by atoms with E-state index in [-0.39, 0.29) is 18.0 Å². The number of amides is 3. The van der Waals surface area contributed by atoms with Gasteiger partial charge in [-0.3, -0.25) is 14.5 Å². The molecule has 2 bridgehead atoms. The second kappa shape index (κ2) is 8.47. The average Bonchev–Trinajstić information content (AvgIpc) is 2.76. The fourth-order valence-electron chi connectivity index (χ4n) is 2.80. The standard InChI is InChI=1S/C15H28N4O4/c1-4-5-9-23-19-12-6-7-13(18(11-12)15(19)21)14(20)16-22-10-8-17(2)3/h12-13H,4-11H2,1-3H3,(H,16,20)/t12-,13-/m0/s1. The summed E-state index contributed by atoms with van der Waals surface area (Å²) in [5, 5.41) is 1.45. The summed E-state index contributed by atoms with van der Waals surface area (Å²) < 4.78 is 0. The molecule has 2 fully saturated rings. The van der Waals surface area contributed by atoms with E-state index in [0.29, 0.717) is 32.7 Å². The van der Waals surface area contributed by atoms with E-state index in [0.717, 1.165) is 19.3 Å². The number of hydrogen-bond acceptors (Lipinski definition) is 5. The number of nitrogens with zero attached hydrogens (tertiary/aromatic N) is 3.